The summed E-state index contributed by atoms with van der Waals surface area (Å²) in [4.78, 5) is 18.5. The Labute approximate surface area is 236 Å². The van der Waals surface area contributed by atoms with Crippen LogP contribution < -0.4 is 4.74 Å². The van der Waals surface area contributed by atoms with Gasteiger partial charge in [-0.25, -0.2) is 0 Å². The van der Waals surface area contributed by atoms with E-state index in [0.717, 1.165) is 35.5 Å². The minimum absolute atomic E-state index is 0.0497. The standard InChI is InChI=1S/C30H35F3N2O4S/c1-39-22-8-9-26-24(18-22)23(11-13-34-26)27(36)10-7-20-12-15-35(19-21(20)17-29(37)38)14-4-16-40-28-6-3-2-5-25(28)30(31,32)33/h2-3,5-6,8-9,11,13,18,20-21,27,36H,4,7,10,12,14-17,19H2,1H3,(H,37,38)/t20-,21+,27?/m1/s1. The van der Waals surface area contributed by atoms with Crippen LogP contribution in [-0.2, 0) is 11.0 Å². The van der Waals surface area contributed by atoms with E-state index in [1.165, 1.54) is 23.9 Å². The molecule has 4 rings (SSSR count). The minimum atomic E-state index is -4.37. The van der Waals surface area contributed by atoms with Crippen molar-refractivity contribution in [3.8, 4) is 5.75 Å². The Morgan fingerprint density at radius 3 is 2.75 bits per heavy atom. The average molecular weight is 577 g/mol. The highest BCUT2D eigenvalue weighted by Gasteiger charge is 2.33. The van der Waals surface area contributed by atoms with Crippen molar-refractivity contribution >= 4 is 28.6 Å². The van der Waals surface area contributed by atoms with Gasteiger partial charge in [0.1, 0.15) is 5.75 Å². The zero-order chi connectivity index (χ0) is 28.7. The molecule has 1 fully saturated rings. The summed E-state index contributed by atoms with van der Waals surface area (Å²) < 4.78 is 45.1. The number of carboxylic acids is 1. The van der Waals surface area contributed by atoms with Gasteiger partial charge in [0.05, 0.1) is 24.3 Å². The molecule has 1 aliphatic heterocycles. The zero-order valence-electron chi connectivity index (χ0n) is 22.4. The Kier molecular flexibility index (Phi) is 10.3. The van der Waals surface area contributed by atoms with Crippen molar-refractivity contribution in [2.75, 3.05) is 32.5 Å². The smallest absolute Gasteiger partial charge is 0.417 e. The molecule has 10 heteroatoms. The molecule has 1 saturated heterocycles. The van der Waals surface area contributed by atoms with Gasteiger partial charge < -0.3 is 19.8 Å². The lowest BCUT2D eigenvalue weighted by molar-refractivity contribution is -0.140. The number of hydrogen-bond donors (Lipinski definition) is 2. The lowest BCUT2D eigenvalue weighted by Crippen LogP contribution is -2.42. The highest BCUT2D eigenvalue weighted by Crippen LogP contribution is 2.37. The predicted octanol–water partition coefficient (Wildman–Crippen LogP) is 6.67. The number of rotatable bonds is 12. The number of piperidine rings is 1. The molecule has 3 aromatic rings. The number of alkyl halides is 3. The van der Waals surface area contributed by atoms with E-state index in [1.807, 2.05) is 24.3 Å². The number of ether oxygens (including phenoxy) is 1. The van der Waals surface area contributed by atoms with Crippen LogP contribution in [0.15, 0.2) is 59.6 Å². The highest BCUT2D eigenvalue weighted by atomic mass is 32.2. The number of nitrogens with zero attached hydrogens (tertiary/aromatic N) is 2. The maximum atomic E-state index is 13.2. The molecule has 2 heterocycles. The maximum absolute atomic E-state index is 13.2. The third-order valence-electron chi connectivity index (χ3n) is 7.63. The van der Waals surface area contributed by atoms with Gasteiger partial charge in [-0.15, -0.1) is 11.8 Å². The van der Waals surface area contributed by atoms with Gasteiger partial charge >= 0.3 is 12.1 Å². The summed E-state index contributed by atoms with van der Waals surface area (Å²) in [6.45, 7) is 2.14. The molecule has 0 spiro atoms. The first kappa shape index (κ1) is 30.1. The largest absolute Gasteiger partial charge is 0.497 e. The molecule has 0 saturated carbocycles. The Balaban J connectivity index is 1.31. The number of aromatic nitrogens is 1. The van der Waals surface area contributed by atoms with Gasteiger partial charge in [-0.05, 0) is 98.3 Å². The third-order valence-corrected chi connectivity index (χ3v) is 8.79. The quantitative estimate of drug-likeness (QED) is 0.184. The van der Waals surface area contributed by atoms with E-state index < -0.39 is 23.8 Å². The van der Waals surface area contributed by atoms with Gasteiger partial charge in [0.25, 0.3) is 0 Å². The fourth-order valence-corrected chi connectivity index (χ4v) is 6.59. The second-order valence-electron chi connectivity index (χ2n) is 10.3. The van der Waals surface area contributed by atoms with Gasteiger partial charge in [-0.1, -0.05) is 12.1 Å². The molecule has 2 N–H and O–H groups in total. The summed E-state index contributed by atoms with van der Waals surface area (Å²) in [7, 11) is 1.59. The van der Waals surface area contributed by atoms with Crippen LogP contribution in [0.3, 0.4) is 0 Å². The maximum Gasteiger partial charge on any atom is 0.417 e. The molecule has 1 aromatic heterocycles. The van der Waals surface area contributed by atoms with Gasteiger partial charge in [0, 0.05) is 29.4 Å². The number of carbonyl (C=O) groups is 1. The van der Waals surface area contributed by atoms with Crippen LogP contribution >= 0.6 is 11.8 Å². The van der Waals surface area contributed by atoms with Crippen molar-refractivity contribution in [2.24, 2.45) is 11.8 Å². The average Bonchev–Trinajstić information content (AvgIpc) is 2.93. The first-order chi connectivity index (χ1) is 19.2. The van der Waals surface area contributed by atoms with Crippen molar-refractivity contribution in [3.63, 3.8) is 0 Å². The Hall–Kier alpha value is -2.82. The molecular weight excluding hydrogens is 541 g/mol. The Morgan fingerprint density at radius 1 is 1.20 bits per heavy atom. The van der Waals surface area contributed by atoms with Crippen LogP contribution in [0.2, 0.25) is 0 Å². The van der Waals surface area contributed by atoms with E-state index in [-0.39, 0.29) is 23.2 Å². The van der Waals surface area contributed by atoms with Gasteiger partial charge in [-0.3, -0.25) is 9.78 Å². The van der Waals surface area contributed by atoms with Crippen molar-refractivity contribution < 1.29 is 32.9 Å². The molecule has 2 aromatic carbocycles. The topological polar surface area (TPSA) is 82.9 Å². The normalized spacial score (nSPS) is 19.0. The minimum Gasteiger partial charge on any atom is -0.497 e. The number of halogens is 3. The van der Waals surface area contributed by atoms with Gasteiger partial charge in [-0.2, -0.15) is 13.2 Å². The van der Waals surface area contributed by atoms with E-state index in [9.17, 15) is 28.2 Å². The van der Waals surface area contributed by atoms with E-state index in [4.69, 9.17) is 4.74 Å². The summed E-state index contributed by atoms with van der Waals surface area (Å²) in [5.74, 6) is 0.506. The number of thioether (sulfide) groups is 1. The molecule has 0 radical (unpaired) electrons. The Bertz CT molecular complexity index is 1290. The number of hydrogen-bond acceptors (Lipinski definition) is 6. The second kappa shape index (κ2) is 13.7. The monoisotopic (exact) mass is 576 g/mol. The third kappa shape index (κ3) is 7.89. The van der Waals surface area contributed by atoms with Gasteiger partial charge in [0.2, 0.25) is 0 Å². The fraction of sp³-hybridized carbons (Fsp3) is 0.467. The summed E-state index contributed by atoms with van der Waals surface area (Å²) in [6, 6.07) is 13.0. The van der Waals surface area contributed by atoms with Gasteiger partial charge in [0.15, 0.2) is 0 Å². The van der Waals surface area contributed by atoms with E-state index in [1.54, 1.807) is 19.4 Å². The first-order valence-electron chi connectivity index (χ1n) is 13.5. The zero-order valence-corrected chi connectivity index (χ0v) is 23.3. The van der Waals surface area contributed by atoms with Crippen LogP contribution in [0.5, 0.6) is 5.75 Å². The molecule has 0 amide bonds. The lowest BCUT2D eigenvalue weighted by Gasteiger charge is -2.38. The number of pyridine rings is 1. The summed E-state index contributed by atoms with van der Waals surface area (Å²) in [5.41, 5.74) is 0.943. The van der Waals surface area contributed by atoms with Crippen molar-refractivity contribution in [2.45, 2.75) is 49.3 Å². The molecule has 0 bridgehead atoms. The molecule has 216 valence electrons. The molecule has 3 atom stereocenters. The number of fused-ring (bicyclic) bond motifs is 1. The van der Waals surface area contributed by atoms with Crippen LogP contribution in [-0.4, -0.2) is 58.6 Å². The molecule has 0 aliphatic carbocycles. The molecule has 1 unspecified atom stereocenters. The first-order valence-corrected chi connectivity index (χ1v) is 14.5. The van der Waals surface area contributed by atoms with Crippen molar-refractivity contribution in [1.82, 2.24) is 9.88 Å². The molecule has 6 nitrogen and oxygen atoms in total. The predicted molar refractivity (Wildman–Crippen MR) is 150 cm³/mol. The number of methoxy groups -OCH3 is 1. The number of benzene rings is 2. The second-order valence-corrected chi connectivity index (χ2v) is 11.4. The number of likely N-dealkylation sites (tertiary alicyclic amines) is 1. The number of aliphatic carboxylic acids is 1. The summed E-state index contributed by atoms with van der Waals surface area (Å²) in [6.07, 6.45) is -0.618. The van der Waals surface area contributed by atoms with Crippen LogP contribution in [0.4, 0.5) is 13.2 Å². The van der Waals surface area contributed by atoms with E-state index in [2.05, 4.69) is 9.88 Å². The number of aliphatic hydroxyl groups excluding tert-OH is 1. The van der Waals surface area contributed by atoms with Crippen LogP contribution in [0.1, 0.15) is 49.3 Å². The summed E-state index contributed by atoms with van der Waals surface area (Å²) in [5, 5.41) is 21.4. The SMILES string of the molecule is COc1ccc2nccc(C(O)CC[C@@H]3CCN(CCCSc4ccccc4C(F)(F)F)C[C@@H]3CC(=O)O)c2c1. The van der Waals surface area contributed by atoms with Crippen molar-refractivity contribution in [1.29, 1.82) is 0 Å². The van der Waals surface area contributed by atoms with Crippen LogP contribution in [0.25, 0.3) is 10.9 Å². The molecule has 40 heavy (non-hydrogen) atoms. The number of aliphatic hydroxyl groups is 1. The van der Waals surface area contributed by atoms with Crippen molar-refractivity contribution in [3.05, 3.63) is 65.9 Å². The lowest BCUT2D eigenvalue weighted by atomic mass is 9.79. The van der Waals surface area contributed by atoms with E-state index in [0.29, 0.717) is 43.9 Å². The number of carboxylic acid groups (broad SMARTS) is 1. The van der Waals surface area contributed by atoms with E-state index >= 15 is 0 Å². The Morgan fingerprint density at radius 2 is 2.00 bits per heavy atom. The molecule has 1 aliphatic rings. The fourth-order valence-electron chi connectivity index (χ4n) is 5.58. The van der Waals surface area contributed by atoms with Crippen LogP contribution in [0, 0.1) is 11.8 Å². The highest BCUT2D eigenvalue weighted by molar-refractivity contribution is 7.99. The summed E-state index contributed by atoms with van der Waals surface area (Å²) >= 11 is 1.21. The molecular formula is C30H35F3N2O4S.